The van der Waals surface area contributed by atoms with Crippen molar-refractivity contribution in [2.75, 3.05) is 27.9 Å². The van der Waals surface area contributed by atoms with Gasteiger partial charge >= 0.3 is 5.97 Å². The van der Waals surface area contributed by atoms with E-state index in [-0.39, 0.29) is 23.3 Å². The summed E-state index contributed by atoms with van der Waals surface area (Å²) < 4.78 is 23.8. The van der Waals surface area contributed by atoms with Crippen LogP contribution in [0.2, 0.25) is 0 Å². The molecular weight excluding hydrogens is 406 g/mol. The minimum atomic E-state index is -0.558. The second kappa shape index (κ2) is 7.94. The average molecular weight is 425 g/mol. The normalized spacial score (nSPS) is 11.0. The molecule has 0 saturated heterocycles. The third kappa shape index (κ3) is 3.19. The zero-order chi connectivity index (χ0) is 22.1. The lowest BCUT2D eigenvalue weighted by atomic mass is 10.2. The van der Waals surface area contributed by atoms with Gasteiger partial charge in [-0.05, 0) is 13.0 Å². The van der Waals surface area contributed by atoms with E-state index in [0.717, 1.165) is 0 Å². The molecule has 4 aromatic rings. The molecule has 0 atom stereocenters. The van der Waals surface area contributed by atoms with Crippen molar-refractivity contribution < 1.29 is 23.7 Å². The van der Waals surface area contributed by atoms with Crippen LogP contribution in [0.4, 0.5) is 0 Å². The standard InChI is InChI=1S/C20H19N5O6/c1-5-31-20(27)12-10-21-25-13-6-7-24(19(26)16(13)22-23-18(12)25)11-8-14(28-2)17(30-4)15(9-11)29-3/h6-10H,5H2,1-4H3. The van der Waals surface area contributed by atoms with Gasteiger partial charge in [-0.1, -0.05) is 0 Å². The molecule has 0 unspecified atom stereocenters. The van der Waals surface area contributed by atoms with Crippen LogP contribution in [-0.2, 0) is 4.74 Å². The highest BCUT2D eigenvalue weighted by molar-refractivity contribution is 5.96. The number of nitrogens with zero attached hydrogens (tertiary/aromatic N) is 5. The Morgan fingerprint density at radius 2 is 1.77 bits per heavy atom. The van der Waals surface area contributed by atoms with Crippen LogP contribution in [0.5, 0.6) is 17.2 Å². The van der Waals surface area contributed by atoms with E-state index >= 15 is 0 Å². The second-order valence-electron chi connectivity index (χ2n) is 6.32. The van der Waals surface area contributed by atoms with Gasteiger partial charge in [0.25, 0.3) is 5.56 Å². The van der Waals surface area contributed by atoms with Crippen LogP contribution in [0.3, 0.4) is 0 Å². The fraction of sp³-hybridized carbons (Fsp3) is 0.250. The molecule has 0 amide bonds. The van der Waals surface area contributed by atoms with Crippen LogP contribution in [-0.4, -0.2) is 58.3 Å². The fourth-order valence-corrected chi connectivity index (χ4v) is 3.25. The van der Waals surface area contributed by atoms with Crippen molar-refractivity contribution in [2.24, 2.45) is 0 Å². The Hall–Kier alpha value is -4.15. The lowest BCUT2D eigenvalue weighted by Crippen LogP contribution is -2.20. The first-order chi connectivity index (χ1) is 15.0. The zero-order valence-corrected chi connectivity index (χ0v) is 17.3. The molecule has 11 heteroatoms. The molecule has 0 fully saturated rings. The predicted molar refractivity (Wildman–Crippen MR) is 109 cm³/mol. The second-order valence-corrected chi connectivity index (χ2v) is 6.32. The van der Waals surface area contributed by atoms with E-state index in [2.05, 4.69) is 15.3 Å². The van der Waals surface area contributed by atoms with Crippen LogP contribution in [0.1, 0.15) is 17.3 Å². The van der Waals surface area contributed by atoms with Gasteiger partial charge in [0.1, 0.15) is 11.1 Å². The Kier molecular flexibility index (Phi) is 5.15. The number of hydrogen-bond donors (Lipinski definition) is 0. The molecule has 11 nitrogen and oxygen atoms in total. The fourth-order valence-electron chi connectivity index (χ4n) is 3.25. The summed E-state index contributed by atoms with van der Waals surface area (Å²) in [5.41, 5.74) is 0.891. The first kappa shape index (κ1) is 20.1. The van der Waals surface area contributed by atoms with Crippen molar-refractivity contribution in [2.45, 2.75) is 6.92 Å². The van der Waals surface area contributed by atoms with Gasteiger partial charge in [0, 0.05) is 18.3 Å². The number of methoxy groups -OCH3 is 3. The maximum atomic E-state index is 13.2. The molecule has 0 bridgehead atoms. The highest BCUT2D eigenvalue weighted by atomic mass is 16.5. The highest BCUT2D eigenvalue weighted by Gasteiger charge is 2.20. The van der Waals surface area contributed by atoms with E-state index in [0.29, 0.717) is 28.5 Å². The Labute approximate surface area is 175 Å². The van der Waals surface area contributed by atoms with Gasteiger partial charge in [-0.25, -0.2) is 9.31 Å². The number of carbonyl (C=O) groups excluding carboxylic acids is 1. The first-order valence-electron chi connectivity index (χ1n) is 9.27. The Balaban J connectivity index is 1.91. The quantitative estimate of drug-likeness (QED) is 0.425. The molecular formula is C20H19N5O6. The summed E-state index contributed by atoms with van der Waals surface area (Å²) in [5, 5.41) is 12.3. The molecule has 0 aliphatic carbocycles. The van der Waals surface area contributed by atoms with E-state index in [1.54, 1.807) is 31.3 Å². The minimum Gasteiger partial charge on any atom is -0.493 e. The molecule has 160 valence electrons. The van der Waals surface area contributed by atoms with Crippen LogP contribution in [0.25, 0.3) is 22.4 Å². The summed E-state index contributed by atoms with van der Waals surface area (Å²) in [4.78, 5) is 25.3. The smallest absolute Gasteiger partial charge is 0.343 e. The molecule has 0 saturated carbocycles. The van der Waals surface area contributed by atoms with Gasteiger partial charge in [-0.3, -0.25) is 9.36 Å². The van der Waals surface area contributed by atoms with Crippen molar-refractivity contribution in [3.63, 3.8) is 0 Å². The molecule has 0 spiro atoms. The van der Waals surface area contributed by atoms with Gasteiger partial charge in [-0.2, -0.15) is 5.10 Å². The Morgan fingerprint density at radius 1 is 1.06 bits per heavy atom. The van der Waals surface area contributed by atoms with Gasteiger partial charge in [0.05, 0.1) is 39.8 Å². The van der Waals surface area contributed by atoms with E-state index in [9.17, 15) is 9.59 Å². The number of fused-ring (bicyclic) bond motifs is 3. The summed E-state index contributed by atoms with van der Waals surface area (Å²) in [6.45, 7) is 1.92. The number of pyridine rings is 1. The topological polar surface area (TPSA) is 119 Å². The highest BCUT2D eigenvalue weighted by Crippen LogP contribution is 2.39. The van der Waals surface area contributed by atoms with E-state index in [1.807, 2.05) is 0 Å². The summed E-state index contributed by atoms with van der Waals surface area (Å²) in [6, 6.07) is 4.95. The summed E-state index contributed by atoms with van der Waals surface area (Å²) in [5.74, 6) is 0.650. The van der Waals surface area contributed by atoms with Gasteiger partial charge in [-0.15, -0.1) is 10.2 Å². The summed E-state index contributed by atoms with van der Waals surface area (Å²) >= 11 is 0. The van der Waals surface area contributed by atoms with Crippen LogP contribution < -0.4 is 19.8 Å². The van der Waals surface area contributed by atoms with Gasteiger partial charge < -0.3 is 18.9 Å². The molecule has 0 aliphatic heterocycles. The molecule has 3 aromatic heterocycles. The van der Waals surface area contributed by atoms with Gasteiger partial charge in [0.2, 0.25) is 5.75 Å². The number of esters is 1. The SMILES string of the molecule is CCOC(=O)c1cnn2c1nnc1c(=O)n(-c3cc(OC)c(OC)c(OC)c3)ccc12. The summed E-state index contributed by atoms with van der Waals surface area (Å²) in [7, 11) is 4.48. The number of hydrogen-bond acceptors (Lipinski definition) is 9. The maximum Gasteiger partial charge on any atom is 0.343 e. The number of rotatable bonds is 6. The molecule has 4 rings (SSSR count). The van der Waals surface area contributed by atoms with Crippen LogP contribution in [0.15, 0.2) is 35.4 Å². The third-order valence-corrected chi connectivity index (χ3v) is 4.69. The van der Waals surface area contributed by atoms with E-state index in [4.69, 9.17) is 18.9 Å². The van der Waals surface area contributed by atoms with Crippen molar-refractivity contribution >= 4 is 22.6 Å². The lowest BCUT2D eigenvalue weighted by Gasteiger charge is -2.15. The van der Waals surface area contributed by atoms with Crippen molar-refractivity contribution in [3.8, 4) is 22.9 Å². The van der Waals surface area contributed by atoms with Crippen molar-refractivity contribution in [1.82, 2.24) is 24.4 Å². The van der Waals surface area contributed by atoms with E-state index < -0.39 is 11.5 Å². The maximum absolute atomic E-state index is 13.2. The number of aromatic nitrogens is 5. The zero-order valence-electron chi connectivity index (χ0n) is 17.3. The monoisotopic (exact) mass is 425 g/mol. The van der Waals surface area contributed by atoms with E-state index in [1.165, 1.54) is 36.6 Å². The summed E-state index contributed by atoms with van der Waals surface area (Å²) in [6.07, 6.45) is 2.91. The molecule has 0 aliphatic rings. The van der Waals surface area contributed by atoms with Crippen molar-refractivity contribution in [1.29, 1.82) is 0 Å². The number of carbonyl (C=O) groups is 1. The van der Waals surface area contributed by atoms with Crippen molar-refractivity contribution in [3.05, 3.63) is 46.5 Å². The number of benzene rings is 1. The lowest BCUT2D eigenvalue weighted by molar-refractivity contribution is 0.0528. The third-order valence-electron chi connectivity index (χ3n) is 4.69. The predicted octanol–water partition coefficient (Wildman–Crippen LogP) is 1.63. The largest absolute Gasteiger partial charge is 0.493 e. The Bertz CT molecular complexity index is 1330. The van der Waals surface area contributed by atoms with Crippen LogP contribution in [0, 0.1) is 0 Å². The minimum absolute atomic E-state index is 0.0715. The molecule has 0 radical (unpaired) electrons. The van der Waals surface area contributed by atoms with Gasteiger partial charge in [0.15, 0.2) is 22.7 Å². The molecule has 31 heavy (non-hydrogen) atoms. The van der Waals surface area contributed by atoms with Crippen LogP contribution >= 0.6 is 0 Å². The average Bonchev–Trinajstić information content (AvgIpc) is 3.23. The Morgan fingerprint density at radius 3 is 2.39 bits per heavy atom. The molecule has 1 aromatic carbocycles. The molecule has 0 N–H and O–H groups in total. The number of ether oxygens (including phenoxy) is 4. The molecule has 3 heterocycles. The first-order valence-corrected chi connectivity index (χ1v) is 9.27.